The molecule has 0 aromatic heterocycles. The molecule has 0 bridgehead atoms. The minimum atomic E-state index is 0.0862. The molecule has 0 aromatic rings. The summed E-state index contributed by atoms with van der Waals surface area (Å²) in [7, 11) is 0. The quantitative estimate of drug-likeness (QED) is 0.390. The molecule has 0 unspecified atom stereocenters. The van der Waals surface area contributed by atoms with E-state index < -0.39 is 0 Å². The standard InChI is InChI=1S/C7H10O/c1-3-4-5-6-7(2)8/h3-6H,1-2H3/b4-3+,6-5?. The molecule has 1 nitrogen and oxygen atoms in total. The van der Waals surface area contributed by atoms with Gasteiger partial charge in [-0.15, -0.1) is 0 Å². The molecule has 0 atom stereocenters. The summed E-state index contributed by atoms with van der Waals surface area (Å²) in [5.41, 5.74) is 0. The Kier molecular flexibility index (Phi) is 3.85. The molecule has 0 heterocycles. The average Bonchev–Trinajstić information content (AvgIpc) is 1.66. The number of rotatable bonds is 2. The van der Waals surface area contributed by atoms with E-state index in [1.165, 1.54) is 13.0 Å². The monoisotopic (exact) mass is 110 g/mol. The predicted octanol–water partition coefficient (Wildman–Crippen LogP) is 1.71. The van der Waals surface area contributed by atoms with Gasteiger partial charge in [-0.25, -0.2) is 0 Å². The fourth-order valence-corrected chi connectivity index (χ4v) is 0.302. The van der Waals surface area contributed by atoms with Crippen molar-refractivity contribution in [1.29, 1.82) is 0 Å². The van der Waals surface area contributed by atoms with Crippen molar-refractivity contribution in [3.05, 3.63) is 24.3 Å². The van der Waals surface area contributed by atoms with Crippen LogP contribution >= 0.6 is 0 Å². The van der Waals surface area contributed by atoms with Gasteiger partial charge in [-0.3, -0.25) is 4.79 Å². The summed E-state index contributed by atoms with van der Waals surface area (Å²) in [5, 5.41) is 0. The third kappa shape index (κ3) is 5.15. The molecule has 44 valence electrons. The zero-order valence-corrected chi connectivity index (χ0v) is 5.22. The van der Waals surface area contributed by atoms with Crippen LogP contribution in [0.5, 0.6) is 0 Å². The van der Waals surface area contributed by atoms with Crippen molar-refractivity contribution in [2.45, 2.75) is 13.8 Å². The SMILES string of the molecule is C/C=C/C=CC(C)=O. The highest BCUT2D eigenvalue weighted by atomic mass is 16.1. The molecule has 0 aromatic carbocycles. The Hall–Kier alpha value is -0.850. The Labute approximate surface area is 49.7 Å². The molecule has 0 N–H and O–H groups in total. The molecule has 0 spiro atoms. The lowest BCUT2D eigenvalue weighted by atomic mass is 10.4. The van der Waals surface area contributed by atoms with Crippen molar-refractivity contribution in [1.82, 2.24) is 0 Å². The van der Waals surface area contributed by atoms with E-state index in [-0.39, 0.29) is 5.78 Å². The van der Waals surface area contributed by atoms with Crippen molar-refractivity contribution in [2.24, 2.45) is 0 Å². The number of carbonyl (C=O) groups is 1. The summed E-state index contributed by atoms with van der Waals surface area (Å²) in [5.74, 6) is 0.0862. The van der Waals surface area contributed by atoms with Crippen molar-refractivity contribution in [3.63, 3.8) is 0 Å². The Morgan fingerprint density at radius 1 is 1.38 bits per heavy atom. The molecular formula is C7H10O. The highest BCUT2D eigenvalue weighted by molar-refractivity contribution is 5.87. The van der Waals surface area contributed by atoms with Gasteiger partial charge in [-0.05, 0) is 19.9 Å². The van der Waals surface area contributed by atoms with Gasteiger partial charge in [-0.1, -0.05) is 18.2 Å². The maximum atomic E-state index is 10.2. The second kappa shape index (κ2) is 4.31. The fraction of sp³-hybridized carbons (Fsp3) is 0.286. The van der Waals surface area contributed by atoms with Crippen molar-refractivity contribution in [3.8, 4) is 0 Å². The van der Waals surface area contributed by atoms with Crippen molar-refractivity contribution < 1.29 is 4.79 Å². The van der Waals surface area contributed by atoms with Crippen LogP contribution in [0.4, 0.5) is 0 Å². The summed E-state index contributed by atoms with van der Waals surface area (Å²) < 4.78 is 0. The number of ketones is 1. The highest BCUT2D eigenvalue weighted by Gasteiger charge is 1.74. The van der Waals surface area contributed by atoms with Gasteiger partial charge in [0.2, 0.25) is 0 Å². The number of hydrogen-bond acceptors (Lipinski definition) is 1. The van der Waals surface area contributed by atoms with Crippen LogP contribution in [0.2, 0.25) is 0 Å². The number of carbonyl (C=O) groups excluding carboxylic acids is 1. The average molecular weight is 110 g/mol. The van der Waals surface area contributed by atoms with Crippen LogP contribution in [0, 0.1) is 0 Å². The molecule has 0 aliphatic heterocycles. The van der Waals surface area contributed by atoms with Gasteiger partial charge in [-0.2, -0.15) is 0 Å². The third-order valence-corrected chi connectivity index (χ3v) is 0.634. The largest absolute Gasteiger partial charge is 0.295 e. The second-order valence-electron chi connectivity index (χ2n) is 1.50. The van der Waals surface area contributed by atoms with Crippen LogP contribution < -0.4 is 0 Å². The minimum Gasteiger partial charge on any atom is -0.295 e. The second-order valence-corrected chi connectivity index (χ2v) is 1.50. The lowest BCUT2D eigenvalue weighted by Crippen LogP contribution is -1.76. The van der Waals surface area contributed by atoms with Crippen molar-refractivity contribution in [2.75, 3.05) is 0 Å². The smallest absolute Gasteiger partial charge is 0.152 e. The Bertz CT molecular complexity index is 120. The maximum Gasteiger partial charge on any atom is 0.152 e. The van der Waals surface area contributed by atoms with Crippen LogP contribution in [0.25, 0.3) is 0 Å². The highest BCUT2D eigenvalue weighted by Crippen LogP contribution is 1.76. The van der Waals surface area contributed by atoms with Crippen LogP contribution in [-0.4, -0.2) is 5.78 Å². The Morgan fingerprint density at radius 3 is 2.38 bits per heavy atom. The predicted molar refractivity (Wildman–Crippen MR) is 34.6 cm³/mol. The van der Waals surface area contributed by atoms with Gasteiger partial charge in [0.1, 0.15) is 0 Å². The first-order chi connectivity index (χ1) is 3.77. The molecule has 0 radical (unpaired) electrons. The fourth-order valence-electron chi connectivity index (χ4n) is 0.302. The summed E-state index contributed by atoms with van der Waals surface area (Å²) in [6.45, 7) is 3.43. The van der Waals surface area contributed by atoms with Gasteiger partial charge in [0.15, 0.2) is 5.78 Å². The van der Waals surface area contributed by atoms with E-state index in [9.17, 15) is 4.79 Å². The summed E-state index contributed by atoms with van der Waals surface area (Å²) >= 11 is 0. The first kappa shape index (κ1) is 7.15. The van der Waals surface area contributed by atoms with E-state index in [1.54, 1.807) is 6.08 Å². The van der Waals surface area contributed by atoms with Crippen LogP contribution in [-0.2, 0) is 4.79 Å². The summed E-state index contributed by atoms with van der Waals surface area (Å²) in [6, 6.07) is 0. The van der Waals surface area contributed by atoms with Gasteiger partial charge in [0, 0.05) is 0 Å². The molecule has 8 heavy (non-hydrogen) atoms. The minimum absolute atomic E-state index is 0.0862. The van der Waals surface area contributed by atoms with Gasteiger partial charge < -0.3 is 0 Å². The summed E-state index contributed by atoms with van der Waals surface area (Å²) in [6.07, 6.45) is 6.95. The molecule has 0 amide bonds. The zero-order chi connectivity index (χ0) is 6.41. The van der Waals surface area contributed by atoms with E-state index in [0.29, 0.717) is 0 Å². The molecule has 0 saturated heterocycles. The molecular weight excluding hydrogens is 100 g/mol. The zero-order valence-electron chi connectivity index (χ0n) is 5.22. The van der Waals surface area contributed by atoms with Gasteiger partial charge in [0.05, 0.1) is 0 Å². The normalized spacial score (nSPS) is 11.2. The van der Waals surface area contributed by atoms with Crippen molar-refractivity contribution >= 4 is 5.78 Å². The van der Waals surface area contributed by atoms with Crippen LogP contribution in [0.3, 0.4) is 0 Å². The lowest BCUT2D eigenvalue weighted by Gasteiger charge is -1.72. The first-order valence-corrected chi connectivity index (χ1v) is 2.57. The molecule has 0 saturated carbocycles. The number of hydrogen-bond donors (Lipinski definition) is 0. The topological polar surface area (TPSA) is 17.1 Å². The van der Waals surface area contributed by atoms with E-state index in [4.69, 9.17) is 0 Å². The van der Waals surface area contributed by atoms with E-state index in [0.717, 1.165) is 0 Å². The van der Waals surface area contributed by atoms with Gasteiger partial charge >= 0.3 is 0 Å². The number of allylic oxidation sites excluding steroid dienone is 4. The maximum absolute atomic E-state index is 10.2. The molecule has 0 aliphatic rings. The lowest BCUT2D eigenvalue weighted by molar-refractivity contribution is -0.112. The van der Waals surface area contributed by atoms with E-state index in [1.807, 2.05) is 19.1 Å². The van der Waals surface area contributed by atoms with E-state index >= 15 is 0 Å². The molecule has 0 fully saturated rings. The molecule has 0 aliphatic carbocycles. The van der Waals surface area contributed by atoms with E-state index in [2.05, 4.69) is 0 Å². The Balaban J connectivity index is 3.50. The third-order valence-electron chi connectivity index (χ3n) is 0.634. The Morgan fingerprint density at radius 2 is 2.00 bits per heavy atom. The summed E-state index contributed by atoms with van der Waals surface area (Å²) in [4.78, 5) is 10.2. The van der Waals surface area contributed by atoms with Crippen LogP contribution in [0.1, 0.15) is 13.8 Å². The molecule has 0 rings (SSSR count). The molecule has 1 heteroatoms. The first-order valence-electron chi connectivity index (χ1n) is 2.57. The van der Waals surface area contributed by atoms with Gasteiger partial charge in [0.25, 0.3) is 0 Å². The van der Waals surface area contributed by atoms with Crippen LogP contribution in [0.15, 0.2) is 24.3 Å².